The Morgan fingerprint density at radius 2 is 1.48 bits per heavy atom. The summed E-state index contributed by atoms with van der Waals surface area (Å²) in [5.74, 6) is -8.50. The molecule has 2 aromatic rings. The summed E-state index contributed by atoms with van der Waals surface area (Å²) in [6, 6.07) is 5.64. The van der Waals surface area contributed by atoms with Crippen LogP contribution in [0.5, 0.6) is 0 Å². The average Bonchev–Trinajstić information content (AvgIpc) is 2.46. The van der Waals surface area contributed by atoms with Gasteiger partial charge in [-0.1, -0.05) is 0 Å². The normalized spacial score (nSPS) is 13.1. The first-order chi connectivity index (χ1) is 12.2. The second kappa shape index (κ2) is 6.96. The highest BCUT2D eigenvalue weighted by atomic mass is 32.2. The minimum Gasteiger partial charge on any atom is -0.207 e. The van der Waals surface area contributed by atoms with Gasteiger partial charge in [0.1, 0.15) is 11.6 Å². The molecule has 1 radical (unpaired) electrons. The van der Waals surface area contributed by atoms with E-state index in [2.05, 4.69) is 6.07 Å². The van der Waals surface area contributed by atoms with E-state index in [1.54, 1.807) is 0 Å². The molecule has 0 N–H and O–H groups in total. The third kappa shape index (κ3) is 4.04. The van der Waals surface area contributed by atoms with E-state index < -0.39 is 51.2 Å². The number of benzene rings is 2. The van der Waals surface area contributed by atoms with Gasteiger partial charge in [-0.15, -0.1) is 0 Å². The quantitative estimate of drug-likeness (QED) is 0.384. The van der Waals surface area contributed by atoms with Crippen LogP contribution in [0.1, 0.15) is 11.1 Å². The lowest BCUT2D eigenvalue weighted by molar-refractivity contribution is -0.330. The second-order valence-electron chi connectivity index (χ2n) is 5.63. The van der Waals surface area contributed by atoms with Crippen molar-refractivity contribution < 1.29 is 39.5 Å². The van der Waals surface area contributed by atoms with Crippen LogP contribution in [-0.4, -0.2) is 17.4 Å². The fourth-order valence-electron chi connectivity index (χ4n) is 2.32. The van der Waals surface area contributed by atoms with Gasteiger partial charge in [0.25, 0.3) is 0 Å². The Morgan fingerprint density at radius 3 is 2.00 bits per heavy atom. The Morgan fingerprint density at radius 1 is 0.889 bits per heavy atom. The SMILES string of the molecule is Cc1[c]c(C)c(-c2ccc(F)cc2F)c(SC(F)(F)C(F)(F)C(F)(F)F)c1. The van der Waals surface area contributed by atoms with Gasteiger partial charge in [0, 0.05) is 22.1 Å². The monoisotopic (exact) mass is 417 g/mol. The van der Waals surface area contributed by atoms with Crippen molar-refractivity contribution in [2.45, 2.75) is 36.1 Å². The topological polar surface area (TPSA) is 0 Å². The van der Waals surface area contributed by atoms with E-state index in [1.807, 2.05) is 0 Å². The highest BCUT2D eigenvalue weighted by Gasteiger charge is 2.73. The van der Waals surface area contributed by atoms with Crippen molar-refractivity contribution in [3.8, 4) is 11.1 Å². The van der Waals surface area contributed by atoms with Gasteiger partial charge >= 0.3 is 17.4 Å². The largest absolute Gasteiger partial charge is 0.460 e. The molecule has 2 aromatic carbocycles. The van der Waals surface area contributed by atoms with Gasteiger partial charge in [0.05, 0.1) is 0 Å². The molecule has 0 heterocycles. The van der Waals surface area contributed by atoms with Crippen molar-refractivity contribution in [2.75, 3.05) is 0 Å². The number of hydrogen-bond donors (Lipinski definition) is 0. The molecule has 0 aliphatic rings. The molecule has 0 nitrogen and oxygen atoms in total. The zero-order valence-electron chi connectivity index (χ0n) is 13.6. The molecule has 0 saturated carbocycles. The number of rotatable bonds is 4. The molecule has 0 aromatic heterocycles. The highest BCUT2D eigenvalue weighted by Crippen LogP contribution is 2.55. The zero-order valence-corrected chi connectivity index (χ0v) is 14.4. The molecule has 0 aliphatic carbocycles. The minimum atomic E-state index is -6.49. The summed E-state index contributed by atoms with van der Waals surface area (Å²) in [6.45, 7) is 2.64. The molecule has 147 valence electrons. The maximum atomic E-state index is 14.1. The summed E-state index contributed by atoms with van der Waals surface area (Å²) in [4.78, 5) is -0.719. The van der Waals surface area contributed by atoms with Gasteiger partial charge in [0.15, 0.2) is 0 Å². The Bertz CT molecular complexity index is 856. The number of hydrogen-bond acceptors (Lipinski definition) is 1. The third-order valence-corrected chi connectivity index (χ3v) is 4.57. The van der Waals surface area contributed by atoms with Crippen LogP contribution < -0.4 is 0 Å². The molecular weight excluding hydrogens is 407 g/mol. The fraction of sp³-hybridized carbons (Fsp3) is 0.294. The molecule has 0 bridgehead atoms. The van der Waals surface area contributed by atoms with E-state index >= 15 is 0 Å². The van der Waals surface area contributed by atoms with Crippen LogP contribution in [0.2, 0.25) is 0 Å². The first-order valence-electron chi connectivity index (χ1n) is 7.17. The maximum Gasteiger partial charge on any atom is 0.460 e. The number of aryl methyl sites for hydroxylation is 2. The number of alkyl halides is 7. The highest BCUT2D eigenvalue weighted by molar-refractivity contribution is 8.00. The van der Waals surface area contributed by atoms with Gasteiger partial charge in [-0.05, 0) is 61.0 Å². The van der Waals surface area contributed by atoms with Crippen molar-refractivity contribution >= 4 is 11.8 Å². The lowest BCUT2D eigenvalue weighted by Gasteiger charge is -2.28. The molecule has 0 atom stereocenters. The fourth-order valence-corrected chi connectivity index (χ4v) is 3.44. The van der Waals surface area contributed by atoms with Crippen molar-refractivity contribution in [1.82, 2.24) is 0 Å². The average molecular weight is 417 g/mol. The smallest absolute Gasteiger partial charge is 0.207 e. The molecule has 0 aliphatic heterocycles. The van der Waals surface area contributed by atoms with Crippen LogP contribution in [-0.2, 0) is 0 Å². The summed E-state index contributed by atoms with van der Waals surface area (Å²) in [5, 5.41) is -5.57. The van der Waals surface area contributed by atoms with E-state index in [4.69, 9.17) is 0 Å². The van der Waals surface area contributed by atoms with Crippen molar-refractivity contribution in [2.24, 2.45) is 0 Å². The zero-order chi connectivity index (χ0) is 20.8. The Hall–Kier alpha value is -1.84. The molecule has 0 spiro atoms. The van der Waals surface area contributed by atoms with E-state index in [1.165, 1.54) is 13.8 Å². The Labute approximate surface area is 152 Å². The summed E-state index contributed by atoms with van der Waals surface area (Å²) < 4.78 is 118. The van der Waals surface area contributed by atoms with E-state index in [0.29, 0.717) is 6.07 Å². The Balaban J connectivity index is 2.64. The lowest BCUT2D eigenvalue weighted by atomic mass is 9.98. The van der Waals surface area contributed by atoms with Crippen LogP contribution in [0.15, 0.2) is 29.2 Å². The molecule has 0 unspecified atom stereocenters. The summed E-state index contributed by atoms with van der Waals surface area (Å²) in [6.07, 6.45) is -6.49. The summed E-state index contributed by atoms with van der Waals surface area (Å²) in [5.41, 5.74) is -0.624. The number of thioether (sulfide) groups is 1. The number of halogens is 9. The first kappa shape index (κ1) is 21.5. The minimum absolute atomic E-state index is 0.0223. The van der Waals surface area contributed by atoms with E-state index in [0.717, 1.165) is 18.2 Å². The third-order valence-electron chi connectivity index (χ3n) is 3.51. The Kier molecular flexibility index (Phi) is 5.53. The lowest BCUT2D eigenvalue weighted by Crippen LogP contribution is -2.49. The van der Waals surface area contributed by atoms with Crippen molar-refractivity contribution in [1.29, 1.82) is 0 Å². The van der Waals surface area contributed by atoms with Crippen LogP contribution in [0.25, 0.3) is 11.1 Å². The molecule has 0 amide bonds. The van der Waals surface area contributed by atoms with Crippen molar-refractivity contribution in [3.05, 3.63) is 53.1 Å². The van der Waals surface area contributed by atoms with E-state index in [-0.39, 0.29) is 16.7 Å². The van der Waals surface area contributed by atoms with Gasteiger partial charge in [-0.2, -0.15) is 30.7 Å². The van der Waals surface area contributed by atoms with Crippen molar-refractivity contribution in [3.63, 3.8) is 0 Å². The van der Waals surface area contributed by atoms with Gasteiger partial charge in [0.2, 0.25) is 0 Å². The predicted octanol–water partition coefficient (Wildman–Crippen LogP) is 6.93. The van der Waals surface area contributed by atoms with Gasteiger partial charge in [-0.25, -0.2) is 8.78 Å². The van der Waals surface area contributed by atoms with Gasteiger partial charge < -0.3 is 0 Å². The van der Waals surface area contributed by atoms with Crippen LogP contribution in [0, 0.1) is 31.5 Å². The maximum absolute atomic E-state index is 14.1. The molecule has 0 fully saturated rings. The standard InChI is InChI=1S/C17H10F9S/c1-8-5-9(2)14(11-4-3-10(18)7-12(11)19)13(6-8)27-17(25,26)15(20,21)16(22,23)24/h3-4,6-7H,1-2H3. The van der Waals surface area contributed by atoms with Crippen LogP contribution >= 0.6 is 11.8 Å². The predicted molar refractivity (Wildman–Crippen MR) is 81.9 cm³/mol. The summed E-state index contributed by atoms with van der Waals surface area (Å²) >= 11 is -1.04. The van der Waals surface area contributed by atoms with Gasteiger partial charge in [-0.3, -0.25) is 0 Å². The first-order valence-corrected chi connectivity index (χ1v) is 7.99. The molecular formula is C17H10F9S. The molecule has 0 saturated heterocycles. The van der Waals surface area contributed by atoms with Crippen LogP contribution in [0.3, 0.4) is 0 Å². The van der Waals surface area contributed by atoms with E-state index in [9.17, 15) is 39.5 Å². The second-order valence-corrected chi connectivity index (χ2v) is 6.79. The summed E-state index contributed by atoms with van der Waals surface area (Å²) in [7, 11) is 0. The molecule has 10 heteroatoms. The molecule has 27 heavy (non-hydrogen) atoms. The molecule has 2 rings (SSSR count). The van der Waals surface area contributed by atoms with Crippen LogP contribution in [0.4, 0.5) is 39.5 Å².